The Morgan fingerprint density at radius 1 is 1.00 bits per heavy atom. The summed E-state index contributed by atoms with van der Waals surface area (Å²) in [4.78, 5) is 20.6. The number of aromatic nitrogens is 4. The molecule has 1 spiro atoms. The van der Waals surface area contributed by atoms with Crippen LogP contribution in [0.3, 0.4) is 0 Å². The highest BCUT2D eigenvalue weighted by Crippen LogP contribution is 2.44. The van der Waals surface area contributed by atoms with Crippen LogP contribution in [0.5, 0.6) is 0 Å². The SMILES string of the molecule is c1ccc(-c2ncc3c(n2)C2(CCCN(Cc4cncnc4)C2)CC3)cc1. The molecule has 0 radical (unpaired) electrons. The topological polar surface area (TPSA) is 54.8 Å². The third-order valence-corrected chi connectivity index (χ3v) is 5.95. The van der Waals surface area contributed by atoms with Crippen molar-refractivity contribution in [2.24, 2.45) is 0 Å². The standard InChI is InChI=1S/C22H23N5/c1-2-5-18(6-3-1)21-25-13-19-7-9-22(20(19)26-21)8-4-10-27(15-22)14-17-11-23-16-24-12-17/h1-3,5-6,11-13,16H,4,7-10,14-15H2. The summed E-state index contributed by atoms with van der Waals surface area (Å²) in [6, 6.07) is 10.3. The molecule has 3 heterocycles. The maximum Gasteiger partial charge on any atom is 0.159 e. The summed E-state index contributed by atoms with van der Waals surface area (Å²) >= 11 is 0. The molecule has 5 heteroatoms. The van der Waals surface area contributed by atoms with Gasteiger partial charge in [0.1, 0.15) is 6.33 Å². The number of hydrogen-bond acceptors (Lipinski definition) is 5. The molecule has 0 bridgehead atoms. The number of nitrogens with zero attached hydrogens (tertiary/aromatic N) is 5. The molecule has 0 amide bonds. The zero-order valence-electron chi connectivity index (χ0n) is 15.4. The van der Waals surface area contributed by atoms with Gasteiger partial charge in [0.05, 0.1) is 5.69 Å². The second kappa shape index (κ2) is 6.82. The Labute approximate surface area is 159 Å². The summed E-state index contributed by atoms with van der Waals surface area (Å²) in [6.07, 6.45) is 12.2. The van der Waals surface area contributed by atoms with Crippen LogP contribution in [0, 0.1) is 0 Å². The molecule has 1 aromatic carbocycles. The summed E-state index contributed by atoms with van der Waals surface area (Å²) in [6.45, 7) is 3.09. The Morgan fingerprint density at radius 2 is 1.85 bits per heavy atom. The van der Waals surface area contributed by atoms with Crippen LogP contribution in [0.2, 0.25) is 0 Å². The fraction of sp³-hybridized carbons (Fsp3) is 0.364. The lowest BCUT2D eigenvalue weighted by Crippen LogP contribution is -2.45. The molecule has 5 nitrogen and oxygen atoms in total. The van der Waals surface area contributed by atoms with Gasteiger partial charge >= 0.3 is 0 Å². The predicted molar refractivity (Wildman–Crippen MR) is 104 cm³/mol. The Bertz CT molecular complexity index is 924. The Kier molecular flexibility index (Phi) is 4.17. The van der Waals surface area contributed by atoms with Crippen molar-refractivity contribution in [2.45, 2.75) is 37.6 Å². The van der Waals surface area contributed by atoms with Gasteiger partial charge in [-0.25, -0.2) is 19.9 Å². The van der Waals surface area contributed by atoms with Crippen molar-refractivity contribution in [2.75, 3.05) is 13.1 Å². The number of fused-ring (bicyclic) bond motifs is 2. The molecule has 1 atom stereocenters. The second-order valence-electron chi connectivity index (χ2n) is 7.77. The van der Waals surface area contributed by atoms with Crippen molar-refractivity contribution in [1.82, 2.24) is 24.8 Å². The minimum Gasteiger partial charge on any atom is -0.298 e. The number of rotatable bonds is 3. The zero-order chi connectivity index (χ0) is 18.1. The fourth-order valence-corrected chi connectivity index (χ4v) is 4.70. The number of likely N-dealkylation sites (tertiary alicyclic amines) is 1. The Balaban J connectivity index is 1.44. The van der Waals surface area contributed by atoms with Gasteiger partial charge in [-0.15, -0.1) is 0 Å². The molecule has 136 valence electrons. The number of aryl methyl sites for hydroxylation is 1. The molecule has 0 N–H and O–H groups in total. The first-order valence-electron chi connectivity index (χ1n) is 9.70. The molecular weight excluding hydrogens is 334 g/mol. The van der Waals surface area contributed by atoms with E-state index in [-0.39, 0.29) is 5.41 Å². The van der Waals surface area contributed by atoms with Crippen LogP contribution in [0.1, 0.15) is 36.1 Å². The first-order chi connectivity index (χ1) is 13.3. The maximum absolute atomic E-state index is 5.08. The van der Waals surface area contributed by atoms with E-state index in [0.717, 1.165) is 37.4 Å². The van der Waals surface area contributed by atoms with Crippen LogP contribution >= 0.6 is 0 Å². The van der Waals surface area contributed by atoms with Gasteiger partial charge in [0.25, 0.3) is 0 Å². The third-order valence-electron chi connectivity index (χ3n) is 5.95. The van der Waals surface area contributed by atoms with E-state index in [0.29, 0.717) is 0 Å². The average molecular weight is 357 g/mol. The Hall–Kier alpha value is -2.66. The molecule has 5 rings (SSSR count). The van der Waals surface area contributed by atoms with Gasteiger partial charge in [-0.3, -0.25) is 4.90 Å². The summed E-state index contributed by atoms with van der Waals surface area (Å²) in [5, 5.41) is 0. The van der Waals surface area contributed by atoms with Gasteiger partial charge in [0.2, 0.25) is 0 Å². The fourth-order valence-electron chi connectivity index (χ4n) is 4.70. The van der Waals surface area contributed by atoms with Crippen molar-refractivity contribution in [3.8, 4) is 11.4 Å². The van der Waals surface area contributed by atoms with Crippen LogP contribution in [0.4, 0.5) is 0 Å². The largest absolute Gasteiger partial charge is 0.298 e. The van der Waals surface area contributed by atoms with Gasteiger partial charge in [0, 0.05) is 48.2 Å². The first kappa shape index (κ1) is 16.5. The highest BCUT2D eigenvalue weighted by Gasteiger charge is 2.43. The monoisotopic (exact) mass is 357 g/mol. The van der Waals surface area contributed by atoms with E-state index in [1.165, 1.54) is 36.1 Å². The highest BCUT2D eigenvalue weighted by atomic mass is 15.1. The molecule has 0 saturated carbocycles. The summed E-state index contributed by atoms with van der Waals surface area (Å²) in [5.41, 5.74) is 5.05. The van der Waals surface area contributed by atoms with Gasteiger partial charge in [-0.05, 0) is 37.8 Å². The predicted octanol–water partition coefficient (Wildman–Crippen LogP) is 3.41. The zero-order valence-corrected chi connectivity index (χ0v) is 15.4. The molecule has 27 heavy (non-hydrogen) atoms. The minimum absolute atomic E-state index is 0.162. The molecule has 1 aliphatic carbocycles. The molecule has 1 saturated heterocycles. The minimum atomic E-state index is 0.162. The highest BCUT2D eigenvalue weighted by molar-refractivity contribution is 5.55. The lowest BCUT2D eigenvalue weighted by molar-refractivity contribution is 0.136. The second-order valence-corrected chi connectivity index (χ2v) is 7.77. The van der Waals surface area contributed by atoms with Crippen LogP contribution in [0.25, 0.3) is 11.4 Å². The quantitative estimate of drug-likeness (QED) is 0.719. The van der Waals surface area contributed by atoms with Gasteiger partial charge in [-0.2, -0.15) is 0 Å². The van der Waals surface area contributed by atoms with Crippen molar-refractivity contribution in [3.05, 3.63) is 72.1 Å². The summed E-state index contributed by atoms with van der Waals surface area (Å²) in [7, 11) is 0. The van der Waals surface area contributed by atoms with Crippen LogP contribution in [-0.2, 0) is 18.4 Å². The van der Waals surface area contributed by atoms with E-state index < -0.39 is 0 Å². The lowest BCUT2D eigenvalue weighted by atomic mass is 9.77. The molecular formula is C22H23N5. The van der Waals surface area contributed by atoms with E-state index in [4.69, 9.17) is 4.98 Å². The van der Waals surface area contributed by atoms with Crippen LogP contribution < -0.4 is 0 Å². The van der Waals surface area contributed by atoms with E-state index in [9.17, 15) is 0 Å². The molecule has 1 unspecified atom stereocenters. The first-order valence-corrected chi connectivity index (χ1v) is 9.70. The molecule has 1 aliphatic heterocycles. The number of hydrogen-bond donors (Lipinski definition) is 0. The van der Waals surface area contributed by atoms with E-state index in [2.05, 4.69) is 38.2 Å². The molecule has 2 aliphatic rings. The van der Waals surface area contributed by atoms with E-state index >= 15 is 0 Å². The molecule has 3 aromatic rings. The number of benzene rings is 1. The van der Waals surface area contributed by atoms with E-state index in [1.54, 1.807) is 6.33 Å². The van der Waals surface area contributed by atoms with Gasteiger partial charge in [0.15, 0.2) is 5.82 Å². The summed E-state index contributed by atoms with van der Waals surface area (Å²) < 4.78 is 0. The van der Waals surface area contributed by atoms with E-state index in [1.807, 2.05) is 30.6 Å². The molecule has 2 aromatic heterocycles. The van der Waals surface area contributed by atoms with Crippen molar-refractivity contribution in [3.63, 3.8) is 0 Å². The maximum atomic E-state index is 5.08. The van der Waals surface area contributed by atoms with Crippen molar-refractivity contribution in [1.29, 1.82) is 0 Å². The van der Waals surface area contributed by atoms with Gasteiger partial charge < -0.3 is 0 Å². The van der Waals surface area contributed by atoms with Crippen LogP contribution in [-0.4, -0.2) is 37.9 Å². The molecule has 1 fully saturated rings. The van der Waals surface area contributed by atoms with Crippen LogP contribution in [0.15, 0.2) is 55.2 Å². The normalized spacial score (nSPS) is 22.1. The third kappa shape index (κ3) is 3.12. The lowest BCUT2D eigenvalue weighted by Gasteiger charge is -2.40. The number of piperidine rings is 1. The van der Waals surface area contributed by atoms with Crippen molar-refractivity contribution < 1.29 is 0 Å². The van der Waals surface area contributed by atoms with Gasteiger partial charge in [-0.1, -0.05) is 30.3 Å². The summed E-state index contributed by atoms with van der Waals surface area (Å²) in [5.74, 6) is 0.851. The smallest absolute Gasteiger partial charge is 0.159 e. The Morgan fingerprint density at radius 3 is 2.70 bits per heavy atom. The van der Waals surface area contributed by atoms with Crippen molar-refractivity contribution >= 4 is 0 Å². The average Bonchev–Trinajstić information content (AvgIpc) is 3.07.